The summed E-state index contributed by atoms with van der Waals surface area (Å²) in [7, 11) is 0. The quantitative estimate of drug-likeness (QED) is 0.772. The van der Waals surface area contributed by atoms with Crippen molar-refractivity contribution in [1.82, 2.24) is 15.3 Å². The Morgan fingerprint density at radius 3 is 2.75 bits per heavy atom. The summed E-state index contributed by atoms with van der Waals surface area (Å²) < 4.78 is 0. The third kappa shape index (κ3) is 2.80. The lowest BCUT2D eigenvalue weighted by Gasteiger charge is -2.12. The van der Waals surface area contributed by atoms with Crippen LogP contribution in [0.15, 0.2) is 42.9 Å². The van der Waals surface area contributed by atoms with Gasteiger partial charge in [-0.05, 0) is 30.5 Å². The van der Waals surface area contributed by atoms with Gasteiger partial charge in [-0.15, -0.1) is 0 Å². The van der Waals surface area contributed by atoms with Crippen molar-refractivity contribution in [2.24, 2.45) is 0 Å². The fourth-order valence-electron chi connectivity index (χ4n) is 2.75. The Bertz CT molecular complexity index is 905. The largest absolute Gasteiger partial charge is 0.396 e. The maximum Gasteiger partial charge on any atom is 0.272 e. The van der Waals surface area contributed by atoms with Crippen LogP contribution in [0.1, 0.15) is 29.4 Å². The van der Waals surface area contributed by atoms with Gasteiger partial charge in [0.25, 0.3) is 5.91 Å². The van der Waals surface area contributed by atoms with E-state index in [4.69, 9.17) is 5.73 Å². The van der Waals surface area contributed by atoms with E-state index in [0.717, 1.165) is 33.9 Å². The van der Waals surface area contributed by atoms with Crippen LogP contribution in [0.5, 0.6) is 0 Å². The lowest BCUT2D eigenvalue weighted by atomic mass is 9.97. The normalized spacial score (nSPS) is 10.8. The van der Waals surface area contributed by atoms with Gasteiger partial charge in [-0.3, -0.25) is 9.78 Å². The minimum absolute atomic E-state index is 0.237. The molecule has 0 unspecified atom stereocenters. The molecule has 0 bridgehead atoms. The molecule has 0 radical (unpaired) electrons. The van der Waals surface area contributed by atoms with Crippen molar-refractivity contribution in [1.29, 1.82) is 0 Å². The fourth-order valence-corrected chi connectivity index (χ4v) is 2.75. The molecule has 122 valence electrons. The molecule has 3 aromatic rings. The zero-order chi connectivity index (χ0) is 17.1. The van der Waals surface area contributed by atoms with Crippen molar-refractivity contribution in [2.75, 3.05) is 12.3 Å². The standard InChI is InChI=1S/C19H20N4O/c1-3-8-22-19(24)18-17(20)14-6-4-5-13(16(14)11-23-18)15-10-21-9-7-12(15)2/h4-7,9-11H,3,8,20H2,1-2H3,(H,22,24). The van der Waals surface area contributed by atoms with Crippen LogP contribution in [-0.4, -0.2) is 22.4 Å². The molecule has 0 aliphatic heterocycles. The van der Waals surface area contributed by atoms with Gasteiger partial charge in [0.15, 0.2) is 5.69 Å². The molecule has 0 atom stereocenters. The number of nitrogen functional groups attached to an aromatic ring is 1. The second-order valence-corrected chi connectivity index (χ2v) is 5.73. The zero-order valence-electron chi connectivity index (χ0n) is 13.8. The summed E-state index contributed by atoms with van der Waals surface area (Å²) in [6.45, 7) is 4.64. The van der Waals surface area contributed by atoms with Crippen LogP contribution < -0.4 is 11.1 Å². The number of amides is 1. The van der Waals surface area contributed by atoms with Gasteiger partial charge in [-0.2, -0.15) is 0 Å². The van der Waals surface area contributed by atoms with Gasteiger partial charge in [0.2, 0.25) is 0 Å². The first-order valence-electron chi connectivity index (χ1n) is 8.00. The van der Waals surface area contributed by atoms with Crippen LogP contribution in [0.2, 0.25) is 0 Å². The van der Waals surface area contributed by atoms with Gasteiger partial charge >= 0.3 is 0 Å². The number of aryl methyl sites for hydroxylation is 1. The molecule has 0 saturated heterocycles. The summed E-state index contributed by atoms with van der Waals surface area (Å²) in [6, 6.07) is 7.84. The van der Waals surface area contributed by atoms with Gasteiger partial charge < -0.3 is 11.1 Å². The Kier molecular flexibility index (Phi) is 4.42. The van der Waals surface area contributed by atoms with Crippen molar-refractivity contribution in [2.45, 2.75) is 20.3 Å². The highest BCUT2D eigenvalue weighted by Gasteiger charge is 2.16. The van der Waals surface area contributed by atoms with Crippen LogP contribution in [0, 0.1) is 6.92 Å². The number of nitrogens with one attached hydrogen (secondary N) is 1. The van der Waals surface area contributed by atoms with E-state index in [9.17, 15) is 4.79 Å². The second kappa shape index (κ2) is 6.66. The van der Waals surface area contributed by atoms with Gasteiger partial charge in [0, 0.05) is 41.5 Å². The van der Waals surface area contributed by atoms with Crippen molar-refractivity contribution >= 4 is 22.4 Å². The molecule has 0 aliphatic rings. The number of carbonyl (C=O) groups is 1. The molecular weight excluding hydrogens is 300 g/mol. The molecule has 24 heavy (non-hydrogen) atoms. The molecule has 1 aromatic carbocycles. The van der Waals surface area contributed by atoms with Crippen molar-refractivity contribution in [3.05, 3.63) is 54.1 Å². The maximum absolute atomic E-state index is 12.2. The smallest absolute Gasteiger partial charge is 0.272 e. The fraction of sp³-hybridized carbons (Fsp3) is 0.211. The van der Waals surface area contributed by atoms with Crippen molar-refractivity contribution < 1.29 is 4.79 Å². The lowest BCUT2D eigenvalue weighted by Crippen LogP contribution is -2.26. The molecule has 2 aromatic heterocycles. The second-order valence-electron chi connectivity index (χ2n) is 5.73. The van der Waals surface area contributed by atoms with Crippen LogP contribution in [0.25, 0.3) is 21.9 Å². The highest BCUT2D eigenvalue weighted by molar-refractivity contribution is 6.09. The van der Waals surface area contributed by atoms with E-state index in [-0.39, 0.29) is 11.6 Å². The Labute approximate surface area is 140 Å². The topological polar surface area (TPSA) is 80.9 Å². The van der Waals surface area contributed by atoms with Gasteiger partial charge in [0.1, 0.15) is 0 Å². The van der Waals surface area contributed by atoms with Crippen LogP contribution in [-0.2, 0) is 0 Å². The Morgan fingerprint density at radius 2 is 2.00 bits per heavy atom. The average molecular weight is 320 g/mol. The number of benzene rings is 1. The first kappa shape index (κ1) is 15.9. The minimum Gasteiger partial charge on any atom is -0.396 e. The van der Waals surface area contributed by atoms with Crippen LogP contribution in [0.3, 0.4) is 0 Å². The third-order valence-electron chi connectivity index (χ3n) is 4.05. The van der Waals surface area contributed by atoms with Crippen molar-refractivity contribution in [3.8, 4) is 11.1 Å². The number of nitrogens with zero attached hydrogens (tertiary/aromatic N) is 2. The van der Waals surface area contributed by atoms with E-state index < -0.39 is 0 Å². The Balaban J connectivity index is 2.15. The Morgan fingerprint density at radius 1 is 1.17 bits per heavy atom. The first-order chi connectivity index (χ1) is 11.6. The number of fused-ring (bicyclic) bond motifs is 1. The molecule has 3 rings (SSSR count). The number of carbonyl (C=O) groups excluding carboxylic acids is 1. The summed E-state index contributed by atoms with van der Waals surface area (Å²) in [5.74, 6) is -0.237. The summed E-state index contributed by atoms with van der Waals surface area (Å²) >= 11 is 0. The first-order valence-corrected chi connectivity index (χ1v) is 8.00. The van der Waals surface area contributed by atoms with Gasteiger partial charge in [-0.1, -0.05) is 25.1 Å². The summed E-state index contributed by atoms with van der Waals surface area (Å²) in [5.41, 5.74) is 10.1. The summed E-state index contributed by atoms with van der Waals surface area (Å²) in [6.07, 6.45) is 6.19. The van der Waals surface area contributed by atoms with Crippen LogP contribution >= 0.6 is 0 Å². The van der Waals surface area contributed by atoms with E-state index in [1.54, 1.807) is 12.4 Å². The highest BCUT2D eigenvalue weighted by atomic mass is 16.1. The molecule has 2 heterocycles. The molecular formula is C19H20N4O. The van der Waals surface area contributed by atoms with E-state index in [0.29, 0.717) is 12.2 Å². The highest BCUT2D eigenvalue weighted by Crippen LogP contribution is 2.33. The number of hydrogen-bond acceptors (Lipinski definition) is 4. The van der Waals surface area contributed by atoms with Crippen molar-refractivity contribution in [3.63, 3.8) is 0 Å². The molecule has 0 spiro atoms. The van der Waals surface area contributed by atoms with E-state index in [1.807, 2.05) is 44.3 Å². The van der Waals surface area contributed by atoms with E-state index >= 15 is 0 Å². The minimum atomic E-state index is -0.237. The number of anilines is 1. The number of rotatable bonds is 4. The van der Waals surface area contributed by atoms with Gasteiger partial charge in [0.05, 0.1) is 5.69 Å². The maximum atomic E-state index is 12.2. The lowest BCUT2D eigenvalue weighted by molar-refractivity contribution is 0.0950. The molecule has 0 saturated carbocycles. The molecule has 1 amide bonds. The monoisotopic (exact) mass is 320 g/mol. The summed E-state index contributed by atoms with van der Waals surface area (Å²) in [4.78, 5) is 20.7. The predicted molar refractivity (Wildman–Crippen MR) is 96.7 cm³/mol. The third-order valence-corrected chi connectivity index (χ3v) is 4.05. The van der Waals surface area contributed by atoms with Gasteiger partial charge in [-0.25, -0.2) is 4.98 Å². The van der Waals surface area contributed by atoms with E-state index in [1.165, 1.54) is 0 Å². The number of hydrogen-bond donors (Lipinski definition) is 2. The number of pyridine rings is 2. The molecule has 3 N–H and O–H groups in total. The molecule has 5 nitrogen and oxygen atoms in total. The zero-order valence-corrected chi connectivity index (χ0v) is 13.8. The van der Waals surface area contributed by atoms with E-state index in [2.05, 4.69) is 15.3 Å². The number of aromatic nitrogens is 2. The number of nitrogens with two attached hydrogens (primary N) is 1. The summed E-state index contributed by atoms with van der Waals surface area (Å²) in [5, 5.41) is 4.56. The molecule has 0 aliphatic carbocycles. The SMILES string of the molecule is CCCNC(=O)c1ncc2c(-c3cnccc3C)cccc2c1N. The molecule has 5 heteroatoms. The average Bonchev–Trinajstić information content (AvgIpc) is 2.60. The van der Waals surface area contributed by atoms with Crippen LogP contribution in [0.4, 0.5) is 5.69 Å². The Hall–Kier alpha value is -2.95. The molecule has 0 fully saturated rings. The predicted octanol–water partition coefficient (Wildman–Crippen LogP) is 3.33.